The molecule has 3 rings (SSSR count). The van der Waals surface area contributed by atoms with E-state index >= 15 is 0 Å². The van der Waals surface area contributed by atoms with Gasteiger partial charge in [0.1, 0.15) is 6.04 Å². The van der Waals surface area contributed by atoms with Crippen LogP contribution in [0.1, 0.15) is 32.1 Å². The molecular formula is C12H17NO4. The molecule has 5 nitrogen and oxygen atoms in total. The molecule has 1 amide bonds. The van der Waals surface area contributed by atoms with E-state index in [0.717, 1.165) is 37.2 Å². The minimum absolute atomic E-state index is 0.0479. The van der Waals surface area contributed by atoms with Gasteiger partial charge >= 0.3 is 5.97 Å². The van der Waals surface area contributed by atoms with Gasteiger partial charge in [0.05, 0.1) is 0 Å². The summed E-state index contributed by atoms with van der Waals surface area (Å²) >= 11 is 0. The maximum atomic E-state index is 11.9. The third kappa shape index (κ3) is 2.49. The van der Waals surface area contributed by atoms with Gasteiger partial charge in [0, 0.05) is 18.6 Å². The van der Waals surface area contributed by atoms with Crippen LogP contribution in [0.5, 0.6) is 0 Å². The predicted molar refractivity (Wildman–Crippen MR) is 60.3 cm³/mol. The number of hydrogen-bond acceptors (Lipinski definition) is 3. The molecule has 2 bridgehead atoms. The molecule has 94 valence electrons. The molecule has 1 atom stereocenters. The highest BCUT2D eigenvalue weighted by Gasteiger charge is 2.34. The van der Waals surface area contributed by atoms with E-state index in [1.807, 2.05) is 0 Å². The van der Waals surface area contributed by atoms with Gasteiger partial charge in [-0.25, -0.2) is 4.79 Å². The fourth-order valence-corrected chi connectivity index (χ4v) is 2.52. The molecular weight excluding hydrogens is 222 g/mol. The van der Waals surface area contributed by atoms with E-state index < -0.39 is 12.0 Å². The van der Waals surface area contributed by atoms with Gasteiger partial charge in [-0.15, -0.1) is 0 Å². The van der Waals surface area contributed by atoms with Crippen molar-refractivity contribution in [3.8, 4) is 0 Å². The Bertz CT molecular complexity index is 367. The summed E-state index contributed by atoms with van der Waals surface area (Å²) in [4.78, 5) is 22.8. The second-order valence-corrected chi connectivity index (χ2v) is 4.77. The number of aliphatic carboxylic acids is 1. The van der Waals surface area contributed by atoms with Crippen molar-refractivity contribution >= 4 is 11.9 Å². The summed E-state index contributed by atoms with van der Waals surface area (Å²) in [7, 11) is 0. The molecule has 5 heteroatoms. The number of allylic oxidation sites excluding steroid dienone is 1. The number of carboxylic acid groups (broad SMARTS) is 1. The summed E-state index contributed by atoms with van der Waals surface area (Å²) in [6.07, 6.45) is 3.84. The Hall–Kier alpha value is -1.36. The molecule has 0 spiro atoms. The molecule has 1 saturated carbocycles. The van der Waals surface area contributed by atoms with Gasteiger partial charge in [0.25, 0.3) is 0 Å². The maximum Gasteiger partial charge on any atom is 0.326 e. The molecule has 0 aliphatic heterocycles. The highest BCUT2D eigenvalue weighted by Crippen LogP contribution is 2.44. The topological polar surface area (TPSA) is 86.6 Å². The summed E-state index contributed by atoms with van der Waals surface area (Å²) in [5, 5.41) is 20.1. The van der Waals surface area contributed by atoms with Crippen LogP contribution < -0.4 is 5.32 Å². The number of aliphatic hydroxyl groups is 1. The number of carbonyl (C=O) groups is 2. The monoisotopic (exact) mass is 239 g/mol. The van der Waals surface area contributed by atoms with Gasteiger partial charge in [0.2, 0.25) is 5.91 Å². The highest BCUT2D eigenvalue weighted by atomic mass is 16.4. The van der Waals surface area contributed by atoms with E-state index in [1.54, 1.807) is 0 Å². The molecule has 0 heterocycles. The number of carbonyl (C=O) groups excluding carboxylic acids is 1. The third-order valence-electron chi connectivity index (χ3n) is 3.59. The van der Waals surface area contributed by atoms with E-state index in [2.05, 4.69) is 5.32 Å². The summed E-state index contributed by atoms with van der Waals surface area (Å²) in [6.45, 7) is -0.245. The van der Waals surface area contributed by atoms with Crippen molar-refractivity contribution in [1.29, 1.82) is 0 Å². The van der Waals surface area contributed by atoms with Crippen LogP contribution in [0.15, 0.2) is 11.1 Å². The molecule has 3 N–H and O–H groups in total. The molecule has 1 unspecified atom stereocenters. The Morgan fingerprint density at radius 1 is 1.41 bits per heavy atom. The molecule has 3 aliphatic carbocycles. The van der Waals surface area contributed by atoms with Gasteiger partial charge in [-0.2, -0.15) is 0 Å². The number of amides is 1. The lowest BCUT2D eigenvalue weighted by atomic mass is 9.69. The number of aliphatic hydroxyl groups excluding tert-OH is 1. The van der Waals surface area contributed by atoms with E-state index in [1.165, 1.54) is 5.57 Å². The van der Waals surface area contributed by atoms with Gasteiger partial charge in [-0.3, -0.25) is 4.79 Å². The lowest BCUT2D eigenvalue weighted by molar-refractivity contribution is -0.141. The summed E-state index contributed by atoms with van der Waals surface area (Å²) in [5.74, 6) is -0.617. The molecule has 17 heavy (non-hydrogen) atoms. The Labute approximate surface area is 99.5 Å². The van der Waals surface area contributed by atoms with E-state index in [9.17, 15) is 9.59 Å². The summed E-state index contributed by atoms with van der Waals surface area (Å²) in [6, 6.07) is -0.988. The number of hydrogen-bond donors (Lipinski definition) is 3. The van der Waals surface area contributed by atoms with E-state index in [-0.39, 0.29) is 18.9 Å². The van der Waals surface area contributed by atoms with Crippen LogP contribution in [-0.2, 0) is 9.59 Å². The zero-order valence-electron chi connectivity index (χ0n) is 9.61. The molecule has 3 aliphatic rings. The van der Waals surface area contributed by atoms with Crippen LogP contribution in [0.25, 0.3) is 0 Å². The summed E-state index contributed by atoms with van der Waals surface area (Å²) < 4.78 is 0. The van der Waals surface area contributed by atoms with Crippen LogP contribution in [0.4, 0.5) is 0 Å². The molecule has 0 aromatic rings. The first kappa shape index (κ1) is 12.1. The molecule has 0 radical (unpaired) electrons. The minimum atomic E-state index is -1.10. The largest absolute Gasteiger partial charge is 0.480 e. The van der Waals surface area contributed by atoms with Gasteiger partial charge in [-0.05, 0) is 31.6 Å². The summed E-state index contributed by atoms with van der Waals surface area (Å²) in [5.41, 5.74) is 1.96. The smallest absolute Gasteiger partial charge is 0.326 e. The molecule has 1 fully saturated rings. The fourth-order valence-electron chi connectivity index (χ4n) is 2.52. The number of carboxylic acids is 1. The Balaban J connectivity index is 1.98. The van der Waals surface area contributed by atoms with E-state index in [0.29, 0.717) is 0 Å². The Morgan fingerprint density at radius 3 is 2.59 bits per heavy atom. The second kappa shape index (κ2) is 4.87. The van der Waals surface area contributed by atoms with Gasteiger partial charge < -0.3 is 15.5 Å². The SMILES string of the molecule is O=C(NC(CCO)C(=O)O)C1=C2CC(CC1)C2. The molecule has 0 saturated heterocycles. The quantitative estimate of drug-likeness (QED) is 0.649. The number of rotatable bonds is 5. The van der Waals surface area contributed by atoms with Crippen molar-refractivity contribution in [2.75, 3.05) is 6.61 Å². The van der Waals surface area contributed by atoms with Crippen molar-refractivity contribution in [3.05, 3.63) is 11.1 Å². The normalized spacial score (nSPS) is 20.8. The number of nitrogens with one attached hydrogen (secondary N) is 1. The van der Waals surface area contributed by atoms with Crippen LogP contribution in [0, 0.1) is 5.92 Å². The van der Waals surface area contributed by atoms with Crippen LogP contribution in [-0.4, -0.2) is 34.7 Å². The van der Waals surface area contributed by atoms with Crippen LogP contribution in [0.3, 0.4) is 0 Å². The first-order chi connectivity index (χ1) is 8.11. The molecule has 0 aromatic heterocycles. The Kier molecular flexibility index (Phi) is 3.47. The van der Waals surface area contributed by atoms with Crippen molar-refractivity contribution < 1.29 is 19.8 Å². The average molecular weight is 239 g/mol. The average Bonchev–Trinajstić information content (AvgIpc) is 2.27. The lowest BCUT2D eigenvalue weighted by Crippen LogP contribution is -2.43. The highest BCUT2D eigenvalue weighted by molar-refractivity contribution is 5.97. The predicted octanol–water partition coefficient (Wildman–Crippen LogP) is 0.439. The van der Waals surface area contributed by atoms with Crippen molar-refractivity contribution in [1.82, 2.24) is 5.32 Å². The van der Waals surface area contributed by atoms with Crippen molar-refractivity contribution in [2.45, 2.75) is 38.1 Å². The second-order valence-electron chi connectivity index (χ2n) is 4.77. The standard InChI is InChI=1S/C12H17NO4/c14-4-3-10(12(16)17)13-11(15)9-2-1-7-5-8(9)6-7/h7,10,14H,1-6H2,(H,13,15)(H,16,17). The first-order valence-corrected chi connectivity index (χ1v) is 5.97. The number of fused-ring (bicyclic) bond motifs is 2. The maximum absolute atomic E-state index is 11.9. The first-order valence-electron chi connectivity index (χ1n) is 5.97. The van der Waals surface area contributed by atoms with Gasteiger partial charge in [0.15, 0.2) is 0 Å². The third-order valence-corrected chi connectivity index (χ3v) is 3.59. The zero-order valence-corrected chi connectivity index (χ0v) is 9.61. The van der Waals surface area contributed by atoms with E-state index in [4.69, 9.17) is 10.2 Å². The van der Waals surface area contributed by atoms with Gasteiger partial charge in [-0.1, -0.05) is 5.57 Å². The lowest BCUT2D eigenvalue weighted by Gasteiger charge is -2.37. The fraction of sp³-hybridized carbons (Fsp3) is 0.667. The van der Waals surface area contributed by atoms with Crippen molar-refractivity contribution in [3.63, 3.8) is 0 Å². The van der Waals surface area contributed by atoms with Crippen molar-refractivity contribution in [2.24, 2.45) is 5.92 Å². The Morgan fingerprint density at radius 2 is 2.12 bits per heavy atom. The zero-order chi connectivity index (χ0) is 12.4. The van der Waals surface area contributed by atoms with Crippen LogP contribution in [0.2, 0.25) is 0 Å². The minimum Gasteiger partial charge on any atom is -0.480 e. The molecule has 0 aromatic carbocycles. The van der Waals surface area contributed by atoms with Crippen LogP contribution >= 0.6 is 0 Å².